The van der Waals surface area contributed by atoms with Crippen molar-refractivity contribution < 1.29 is 9.59 Å². The lowest BCUT2D eigenvalue weighted by molar-refractivity contribution is 0.0732. The molecule has 0 radical (unpaired) electrons. The molecular formula is C22H25N5O2. The Hall–Kier alpha value is -3.37. The molecule has 1 heterocycles. The van der Waals surface area contributed by atoms with Crippen LogP contribution in [0.1, 0.15) is 21.5 Å². The van der Waals surface area contributed by atoms with Crippen LogP contribution in [0, 0.1) is 11.3 Å². The molecule has 1 saturated heterocycles. The van der Waals surface area contributed by atoms with Gasteiger partial charge in [-0.15, -0.1) is 0 Å². The zero-order chi connectivity index (χ0) is 20.8. The second kappa shape index (κ2) is 9.22. The predicted molar refractivity (Wildman–Crippen MR) is 112 cm³/mol. The van der Waals surface area contributed by atoms with Crippen molar-refractivity contribution in [3.8, 4) is 6.07 Å². The fourth-order valence-electron chi connectivity index (χ4n) is 3.19. The molecular weight excluding hydrogens is 366 g/mol. The van der Waals surface area contributed by atoms with Crippen molar-refractivity contribution in [2.45, 2.75) is 6.54 Å². The second-order valence-electron chi connectivity index (χ2n) is 7.27. The Balaban J connectivity index is 1.81. The lowest BCUT2D eigenvalue weighted by atomic mass is 10.1. The van der Waals surface area contributed by atoms with Crippen LogP contribution in [-0.2, 0) is 6.54 Å². The minimum absolute atomic E-state index is 0.0855. The fraction of sp³-hybridized carbons (Fsp3) is 0.318. The topological polar surface area (TPSA) is 79.7 Å². The second-order valence-corrected chi connectivity index (χ2v) is 7.27. The van der Waals surface area contributed by atoms with E-state index < -0.39 is 0 Å². The van der Waals surface area contributed by atoms with E-state index in [0.717, 1.165) is 17.8 Å². The monoisotopic (exact) mass is 391 g/mol. The van der Waals surface area contributed by atoms with Crippen molar-refractivity contribution in [1.82, 2.24) is 15.1 Å². The molecule has 0 atom stereocenters. The molecule has 1 N–H and O–H groups in total. The van der Waals surface area contributed by atoms with E-state index in [0.29, 0.717) is 37.3 Å². The maximum atomic E-state index is 13.3. The van der Waals surface area contributed by atoms with Crippen LogP contribution < -0.4 is 10.2 Å². The molecule has 150 valence electrons. The highest BCUT2D eigenvalue weighted by atomic mass is 16.2. The van der Waals surface area contributed by atoms with Gasteiger partial charge in [0.25, 0.3) is 5.91 Å². The number of urea groups is 1. The van der Waals surface area contributed by atoms with Crippen LogP contribution in [0.5, 0.6) is 0 Å². The van der Waals surface area contributed by atoms with E-state index in [2.05, 4.69) is 11.4 Å². The lowest BCUT2D eigenvalue weighted by Gasteiger charge is -2.25. The summed E-state index contributed by atoms with van der Waals surface area (Å²) < 4.78 is 0. The average molecular weight is 391 g/mol. The molecule has 0 saturated carbocycles. The third-order valence-electron chi connectivity index (χ3n) is 4.82. The highest BCUT2D eigenvalue weighted by Crippen LogP contribution is 2.20. The number of nitriles is 1. The number of carbonyl (C=O) groups excluding carboxylic acids is 2. The Morgan fingerprint density at radius 1 is 1.17 bits per heavy atom. The van der Waals surface area contributed by atoms with E-state index in [1.54, 1.807) is 40.1 Å². The Kier molecular flexibility index (Phi) is 6.47. The SMILES string of the molecule is CN(C)CCN(Cc1ccc(C#N)cc1)C(=O)c1cccc(N2CCNC2=O)c1. The predicted octanol–water partition coefficient (Wildman–Crippen LogP) is 2.29. The molecule has 7 heteroatoms. The van der Waals surface area contributed by atoms with Gasteiger partial charge in [-0.3, -0.25) is 9.69 Å². The van der Waals surface area contributed by atoms with Gasteiger partial charge in [0.05, 0.1) is 11.6 Å². The van der Waals surface area contributed by atoms with Crippen LogP contribution in [0.3, 0.4) is 0 Å². The zero-order valence-electron chi connectivity index (χ0n) is 16.8. The summed E-state index contributed by atoms with van der Waals surface area (Å²) in [5, 5.41) is 11.8. The normalized spacial score (nSPS) is 13.3. The number of anilines is 1. The van der Waals surface area contributed by atoms with Gasteiger partial charge in [-0.2, -0.15) is 5.26 Å². The van der Waals surface area contributed by atoms with Gasteiger partial charge in [-0.25, -0.2) is 4.79 Å². The standard InChI is InChI=1S/C22H25N5O2/c1-25(2)12-13-26(16-18-8-6-17(15-23)7-9-18)21(28)19-4-3-5-20(14-19)27-11-10-24-22(27)29/h3-9,14H,10-13,16H2,1-2H3,(H,24,29). The van der Waals surface area contributed by atoms with E-state index in [1.807, 2.05) is 37.2 Å². The minimum atomic E-state index is -0.142. The van der Waals surface area contributed by atoms with Crippen LogP contribution in [0.25, 0.3) is 0 Å². The maximum Gasteiger partial charge on any atom is 0.321 e. The molecule has 1 aliphatic rings. The molecule has 7 nitrogen and oxygen atoms in total. The molecule has 0 spiro atoms. The largest absolute Gasteiger partial charge is 0.336 e. The molecule has 0 bridgehead atoms. The summed E-state index contributed by atoms with van der Waals surface area (Å²) in [6.45, 7) is 2.94. The van der Waals surface area contributed by atoms with Crippen molar-refractivity contribution >= 4 is 17.6 Å². The Bertz CT molecular complexity index is 918. The number of hydrogen-bond donors (Lipinski definition) is 1. The van der Waals surface area contributed by atoms with Gasteiger partial charge in [0.1, 0.15) is 0 Å². The molecule has 3 rings (SSSR count). The molecule has 29 heavy (non-hydrogen) atoms. The molecule has 3 amide bonds. The van der Waals surface area contributed by atoms with Gasteiger partial charge in [-0.1, -0.05) is 18.2 Å². The molecule has 1 aliphatic heterocycles. The van der Waals surface area contributed by atoms with E-state index in [4.69, 9.17) is 5.26 Å². The molecule has 0 aliphatic carbocycles. The van der Waals surface area contributed by atoms with Crippen LogP contribution in [0.4, 0.5) is 10.5 Å². The summed E-state index contributed by atoms with van der Waals surface area (Å²) in [5.41, 5.74) is 2.83. The number of carbonyl (C=O) groups is 2. The lowest BCUT2D eigenvalue weighted by Crippen LogP contribution is -2.36. The Morgan fingerprint density at radius 3 is 2.55 bits per heavy atom. The number of nitrogens with zero attached hydrogens (tertiary/aromatic N) is 4. The van der Waals surface area contributed by atoms with Gasteiger partial charge < -0.3 is 15.1 Å². The first-order chi connectivity index (χ1) is 14.0. The smallest absolute Gasteiger partial charge is 0.321 e. The average Bonchev–Trinajstić information content (AvgIpc) is 3.17. The van der Waals surface area contributed by atoms with Gasteiger partial charge in [0.2, 0.25) is 0 Å². The number of likely N-dealkylation sites (N-methyl/N-ethyl adjacent to an activating group) is 1. The van der Waals surface area contributed by atoms with E-state index in [-0.39, 0.29) is 11.9 Å². The number of rotatable bonds is 7. The molecule has 0 aromatic heterocycles. The first-order valence-corrected chi connectivity index (χ1v) is 9.56. The summed E-state index contributed by atoms with van der Waals surface area (Å²) in [7, 11) is 3.94. The zero-order valence-corrected chi connectivity index (χ0v) is 16.8. The summed E-state index contributed by atoms with van der Waals surface area (Å²) in [4.78, 5) is 30.7. The number of benzene rings is 2. The van der Waals surface area contributed by atoms with E-state index in [1.165, 1.54) is 0 Å². The number of nitrogens with one attached hydrogen (secondary N) is 1. The molecule has 1 fully saturated rings. The Labute approximate surface area is 171 Å². The molecule has 2 aromatic carbocycles. The summed E-state index contributed by atoms with van der Waals surface area (Å²) >= 11 is 0. The van der Waals surface area contributed by atoms with Gasteiger partial charge in [0, 0.05) is 44.0 Å². The van der Waals surface area contributed by atoms with E-state index in [9.17, 15) is 9.59 Å². The van der Waals surface area contributed by atoms with Crippen LogP contribution in [0.2, 0.25) is 0 Å². The van der Waals surface area contributed by atoms with Crippen LogP contribution in [-0.4, -0.2) is 62.0 Å². The fourth-order valence-corrected chi connectivity index (χ4v) is 3.19. The molecule has 2 aromatic rings. The van der Waals surface area contributed by atoms with Gasteiger partial charge in [-0.05, 0) is 50.0 Å². The van der Waals surface area contributed by atoms with Crippen molar-refractivity contribution in [1.29, 1.82) is 5.26 Å². The summed E-state index contributed by atoms with van der Waals surface area (Å²) in [6.07, 6.45) is 0. The summed E-state index contributed by atoms with van der Waals surface area (Å²) in [6, 6.07) is 16.4. The van der Waals surface area contributed by atoms with Crippen molar-refractivity contribution in [2.75, 3.05) is 45.2 Å². The maximum absolute atomic E-state index is 13.3. The van der Waals surface area contributed by atoms with Crippen LogP contribution >= 0.6 is 0 Å². The van der Waals surface area contributed by atoms with E-state index >= 15 is 0 Å². The van der Waals surface area contributed by atoms with Gasteiger partial charge >= 0.3 is 6.03 Å². The highest BCUT2D eigenvalue weighted by molar-refractivity contribution is 5.98. The summed E-state index contributed by atoms with van der Waals surface area (Å²) in [5.74, 6) is -0.0855. The third-order valence-corrected chi connectivity index (χ3v) is 4.82. The van der Waals surface area contributed by atoms with Crippen LogP contribution in [0.15, 0.2) is 48.5 Å². The van der Waals surface area contributed by atoms with Crippen molar-refractivity contribution in [3.05, 3.63) is 65.2 Å². The third kappa shape index (κ3) is 5.12. The first-order valence-electron chi connectivity index (χ1n) is 9.56. The minimum Gasteiger partial charge on any atom is -0.336 e. The number of amides is 3. The van der Waals surface area contributed by atoms with Crippen molar-refractivity contribution in [2.24, 2.45) is 0 Å². The molecule has 0 unspecified atom stereocenters. The Morgan fingerprint density at radius 2 is 1.93 bits per heavy atom. The van der Waals surface area contributed by atoms with Gasteiger partial charge in [0.15, 0.2) is 0 Å². The first kappa shape index (κ1) is 20.4. The highest BCUT2D eigenvalue weighted by Gasteiger charge is 2.23. The van der Waals surface area contributed by atoms with Crippen molar-refractivity contribution in [3.63, 3.8) is 0 Å². The number of hydrogen-bond acceptors (Lipinski definition) is 4. The quantitative estimate of drug-likeness (QED) is 0.785.